The number of hydrogen-bond donors (Lipinski definition) is 1. The predicted molar refractivity (Wildman–Crippen MR) is 99.5 cm³/mol. The molecule has 26 heavy (non-hydrogen) atoms. The molecular formula is C19H24N6O. The van der Waals surface area contributed by atoms with Crippen LogP contribution in [0.1, 0.15) is 18.7 Å². The molecule has 3 aromatic rings. The van der Waals surface area contributed by atoms with Gasteiger partial charge in [0.15, 0.2) is 0 Å². The summed E-state index contributed by atoms with van der Waals surface area (Å²) < 4.78 is 3.89. The van der Waals surface area contributed by atoms with Gasteiger partial charge in [0.2, 0.25) is 0 Å². The number of piperidine rings is 1. The van der Waals surface area contributed by atoms with E-state index in [0.29, 0.717) is 6.54 Å². The summed E-state index contributed by atoms with van der Waals surface area (Å²) in [6.07, 6.45) is 5.11. The third-order valence-corrected chi connectivity index (χ3v) is 5.38. The second kappa shape index (κ2) is 6.57. The first-order valence-corrected chi connectivity index (χ1v) is 8.98. The molecular weight excluding hydrogens is 328 g/mol. The van der Waals surface area contributed by atoms with E-state index < -0.39 is 5.54 Å². The molecule has 1 aliphatic rings. The fourth-order valence-corrected chi connectivity index (χ4v) is 3.88. The first kappa shape index (κ1) is 16.8. The van der Waals surface area contributed by atoms with Crippen molar-refractivity contribution in [2.24, 2.45) is 7.05 Å². The van der Waals surface area contributed by atoms with Gasteiger partial charge in [-0.3, -0.25) is 9.48 Å². The van der Waals surface area contributed by atoms with Crippen molar-refractivity contribution in [2.75, 3.05) is 20.1 Å². The minimum atomic E-state index is -0.617. The third kappa shape index (κ3) is 2.68. The monoisotopic (exact) mass is 352 g/mol. The molecule has 2 aromatic heterocycles. The molecule has 7 nitrogen and oxygen atoms in total. The number of likely N-dealkylation sites (N-methyl/N-ethyl adjacent to an activating group) is 1. The third-order valence-electron chi connectivity index (χ3n) is 5.38. The van der Waals surface area contributed by atoms with Crippen LogP contribution in [0.25, 0.3) is 11.0 Å². The molecule has 4 rings (SSSR count). The number of rotatable bonds is 4. The van der Waals surface area contributed by atoms with E-state index in [2.05, 4.69) is 15.0 Å². The lowest BCUT2D eigenvalue weighted by Crippen LogP contribution is -2.54. The van der Waals surface area contributed by atoms with Gasteiger partial charge >= 0.3 is 0 Å². The van der Waals surface area contributed by atoms with Crippen LogP contribution in [0.15, 0.2) is 42.7 Å². The molecule has 1 amide bonds. The number of aromatic nitrogens is 4. The van der Waals surface area contributed by atoms with E-state index in [-0.39, 0.29) is 5.91 Å². The second-order valence-corrected chi connectivity index (χ2v) is 6.97. The molecule has 1 N–H and O–H groups in total. The number of para-hydroxylation sites is 2. The molecule has 3 heterocycles. The lowest BCUT2D eigenvalue weighted by atomic mass is 9.87. The predicted octanol–water partition coefficient (Wildman–Crippen LogP) is 1.51. The van der Waals surface area contributed by atoms with Gasteiger partial charge in [-0.05, 0) is 44.1 Å². The van der Waals surface area contributed by atoms with E-state index >= 15 is 0 Å². The summed E-state index contributed by atoms with van der Waals surface area (Å²) in [7, 11) is 3.85. The highest BCUT2D eigenvalue weighted by Crippen LogP contribution is 2.29. The Hall–Kier alpha value is -2.67. The molecule has 0 spiro atoms. The molecule has 0 aliphatic carbocycles. The topological polar surface area (TPSA) is 68.0 Å². The molecule has 1 aliphatic heterocycles. The summed E-state index contributed by atoms with van der Waals surface area (Å²) in [4.78, 5) is 19.9. The van der Waals surface area contributed by atoms with E-state index in [0.717, 1.165) is 42.8 Å². The largest absolute Gasteiger partial charge is 0.336 e. The Kier molecular flexibility index (Phi) is 4.24. The first-order chi connectivity index (χ1) is 12.6. The lowest BCUT2D eigenvalue weighted by Gasteiger charge is -2.39. The highest BCUT2D eigenvalue weighted by molar-refractivity contribution is 5.84. The summed E-state index contributed by atoms with van der Waals surface area (Å²) in [6.45, 7) is 2.10. The number of imidazole rings is 1. The van der Waals surface area contributed by atoms with Gasteiger partial charge in [0.25, 0.3) is 5.91 Å². The molecule has 0 atom stereocenters. The molecule has 0 bridgehead atoms. The smallest absolute Gasteiger partial charge is 0.250 e. The van der Waals surface area contributed by atoms with Crippen molar-refractivity contribution in [3.63, 3.8) is 0 Å². The van der Waals surface area contributed by atoms with Gasteiger partial charge in [-0.15, -0.1) is 0 Å². The van der Waals surface area contributed by atoms with Gasteiger partial charge in [0, 0.05) is 26.5 Å². The number of carbonyl (C=O) groups is 1. The molecule has 136 valence electrons. The molecule has 0 radical (unpaired) electrons. The summed E-state index contributed by atoms with van der Waals surface area (Å²) in [5, 5.41) is 7.74. The van der Waals surface area contributed by atoms with Crippen LogP contribution < -0.4 is 5.32 Å². The summed E-state index contributed by atoms with van der Waals surface area (Å²) in [5.41, 5.74) is 1.41. The van der Waals surface area contributed by atoms with Gasteiger partial charge in [-0.1, -0.05) is 12.1 Å². The van der Waals surface area contributed by atoms with E-state index in [4.69, 9.17) is 4.98 Å². The SMILES string of the molecule is CN(Cc1nc2ccccc2n1C)C(=O)C1(n2cccn2)CCNCC1. The average molecular weight is 352 g/mol. The van der Waals surface area contributed by atoms with E-state index in [1.54, 1.807) is 11.1 Å². The van der Waals surface area contributed by atoms with Gasteiger partial charge in [0.05, 0.1) is 17.6 Å². The van der Waals surface area contributed by atoms with Crippen LogP contribution in [0, 0.1) is 0 Å². The number of hydrogen-bond acceptors (Lipinski definition) is 4. The van der Waals surface area contributed by atoms with Crippen LogP contribution in [-0.2, 0) is 23.9 Å². The van der Waals surface area contributed by atoms with Crippen LogP contribution in [0.4, 0.5) is 0 Å². The second-order valence-electron chi connectivity index (χ2n) is 6.97. The van der Waals surface area contributed by atoms with Gasteiger partial charge in [0.1, 0.15) is 11.4 Å². The van der Waals surface area contributed by atoms with Crippen molar-refractivity contribution in [3.05, 3.63) is 48.5 Å². The molecule has 1 aromatic carbocycles. The Morgan fingerprint density at radius 3 is 2.73 bits per heavy atom. The maximum atomic E-state index is 13.4. The summed E-state index contributed by atoms with van der Waals surface area (Å²) in [5.74, 6) is 0.973. The Bertz CT molecular complexity index is 907. The van der Waals surface area contributed by atoms with Crippen LogP contribution >= 0.6 is 0 Å². The Morgan fingerprint density at radius 2 is 2.04 bits per heavy atom. The zero-order chi connectivity index (χ0) is 18.1. The van der Waals surface area contributed by atoms with E-state index in [1.165, 1.54) is 0 Å². The lowest BCUT2D eigenvalue weighted by molar-refractivity contribution is -0.142. The van der Waals surface area contributed by atoms with Gasteiger partial charge in [-0.25, -0.2) is 4.98 Å². The fraction of sp³-hybridized carbons (Fsp3) is 0.421. The molecule has 1 saturated heterocycles. The zero-order valence-electron chi connectivity index (χ0n) is 15.2. The summed E-state index contributed by atoms with van der Waals surface area (Å²) >= 11 is 0. The van der Waals surface area contributed by atoms with Gasteiger partial charge < -0.3 is 14.8 Å². The highest BCUT2D eigenvalue weighted by atomic mass is 16.2. The van der Waals surface area contributed by atoms with Crippen molar-refractivity contribution >= 4 is 16.9 Å². The van der Waals surface area contributed by atoms with Crippen molar-refractivity contribution < 1.29 is 4.79 Å². The zero-order valence-corrected chi connectivity index (χ0v) is 15.2. The van der Waals surface area contributed by atoms with Crippen molar-refractivity contribution in [1.82, 2.24) is 29.5 Å². The van der Waals surface area contributed by atoms with Crippen LogP contribution in [-0.4, -0.2) is 50.3 Å². The molecule has 0 saturated carbocycles. The number of amides is 1. The standard InChI is InChI=1S/C19H24N6O/c1-23(14-17-22-15-6-3-4-7-16(15)24(17)2)18(26)19(8-11-20-12-9-19)25-13-5-10-21-25/h3-7,10,13,20H,8-9,11-12,14H2,1-2H3. The Morgan fingerprint density at radius 1 is 1.27 bits per heavy atom. The number of carbonyl (C=O) groups excluding carboxylic acids is 1. The number of benzene rings is 1. The molecule has 0 unspecified atom stereocenters. The number of aryl methyl sites for hydroxylation is 1. The van der Waals surface area contributed by atoms with Crippen molar-refractivity contribution in [1.29, 1.82) is 0 Å². The Labute approximate surface area is 152 Å². The molecule has 1 fully saturated rings. The van der Waals surface area contributed by atoms with Crippen molar-refractivity contribution in [3.8, 4) is 0 Å². The minimum absolute atomic E-state index is 0.0924. The first-order valence-electron chi connectivity index (χ1n) is 8.98. The number of nitrogens with zero attached hydrogens (tertiary/aromatic N) is 5. The fourth-order valence-electron chi connectivity index (χ4n) is 3.88. The van der Waals surface area contributed by atoms with Crippen LogP contribution in [0.2, 0.25) is 0 Å². The average Bonchev–Trinajstić information content (AvgIpc) is 3.31. The number of fused-ring (bicyclic) bond motifs is 1. The quantitative estimate of drug-likeness (QED) is 0.773. The minimum Gasteiger partial charge on any atom is -0.336 e. The Balaban J connectivity index is 1.62. The van der Waals surface area contributed by atoms with Gasteiger partial charge in [-0.2, -0.15) is 5.10 Å². The highest BCUT2D eigenvalue weighted by Gasteiger charge is 2.43. The van der Waals surface area contributed by atoms with Crippen LogP contribution in [0.3, 0.4) is 0 Å². The molecule has 7 heteroatoms. The van der Waals surface area contributed by atoms with E-state index in [9.17, 15) is 4.79 Å². The maximum absolute atomic E-state index is 13.4. The summed E-state index contributed by atoms with van der Waals surface area (Å²) in [6, 6.07) is 9.91. The van der Waals surface area contributed by atoms with Crippen LogP contribution in [0.5, 0.6) is 0 Å². The normalized spacial score (nSPS) is 16.7. The number of nitrogens with one attached hydrogen (secondary N) is 1. The maximum Gasteiger partial charge on any atom is 0.250 e. The van der Waals surface area contributed by atoms with Crippen molar-refractivity contribution in [2.45, 2.75) is 24.9 Å². The van der Waals surface area contributed by atoms with E-state index in [1.807, 2.05) is 55.3 Å².